The van der Waals surface area contributed by atoms with E-state index in [0.29, 0.717) is 23.5 Å². The minimum Gasteiger partial charge on any atom is -0.483 e. The number of rotatable bonds is 7. The van der Waals surface area contributed by atoms with Crippen molar-refractivity contribution in [1.82, 2.24) is 10.7 Å². The van der Waals surface area contributed by atoms with Crippen LogP contribution in [0.25, 0.3) is 0 Å². The minimum absolute atomic E-state index is 0.191. The maximum absolute atomic E-state index is 12.2. The van der Waals surface area contributed by atoms with Crippen LogP contribution in [0.5, 0.6) is 5.75 Å². The molecular weight excluding hydrogens is 372 g/mol. The summed E-state index contributed by atoms with van der Waals surface area (Å²) in [6.45, 7) is 5.77. The van der Waals surface area contributed by atoms with Gasteiger partial charge in [0.1, 0.15) is 5.75 Å². The molecule has 0 unspecified atom stereocenters. The zero-order valence-corrected chi connectivity index (χ0v) is 16.6. The van der Waals surface area contributed by atoms with E-state index in [-0.39, 0.29) is 12.5 Å². The van der Waals surface area contributed by atoms with E-state index in [0.717, 1.165) is 11.1 Å². The fraction of sp³-hybridized carbons (Fsp3) is 0.238. The highest BCUT2D eigenvalue weighted by Gasteiger charge is 2.11. The van der Waals surface area contributed by atoms with Crippen LogP contribution in [0.1, 0.15) is 23.6 Å². The molecule has 0 atom stereocenters. The van der Waals surface area contributed by atoms with Crippen LogP contribution in [0, 0.1) is 13.8 Å². The van der Waals surface area contributed by atoms with Crippen LogP contribution < -0.4 is 20.8 Å². The van der Waals surface area contributed by atoms with E-state index in [9.17, 15) is 14.4 Å². The highest BCUT2D eigenvalue weighted by Crippen LogP contribution is 2.17. The van der Waals surface area contributed by atoms with E-state index in [1.807, 2.05) is 32.0 Å². The number of benzene rings is 2. The molecule has 0 aliphatic heterocycles. The number of hydrogen-bond acceptors (Lipinski definition) is 5. The van der Waals surface area contributed by atoms with Crippen LogP contribution in [-0.4, -0.2) is 37.1 Å². The normalized spacial score (nSPS) is 10.4. The summed E-state index contributed by atoms with van der Waals surface area (Å²) in [5.74, 6) is -1.52. The molecule has 0 saturated heterocycles. The van der Waals surface area contributed by atoms with E-state index in [4.69, 9.17) is 4.74 Å². The van der Waals surface area contributed by atoms with Crippen molar-refractivity contribution in [3.63, 3.8) is 0 Å². The number of para-hydroxylation sites is 1. The van der Waals surface area contributed by atoms with Crippen molar-refractivity contribution in [2.24, 2.45) is 5.10 Å². The average Bonchev–Trinajstić information content (AvgIpc) is 2.66. The van der Waals surface area contributed by atoms with Gasteiger partial charge in [0.2, 0.25) is 0 Å². The highest BCUT2D eigenvalue weighted by molar-refractivity contribution is 6.35. The molecule has 8 heteroatoms. The summed E-state index contributed by atoms with van der Waals surface area (Å²) in [5, 5.41) is 8.92. The smallest absolute Gasteiger partial charge is 0.329 e. The highest BCUT2D eigenvalue weighted by atomic mass is 16.5. The standard InChI is InChI=1S/C21H24N4O4/c1-4-22-20(27)21(28)25-23-12-16-7-5-6-8-18(16)29-13-19(26)24-17-10-14(2)9-15(3)11-17/h5-12H,4,13H2,1-3H3,(H,22,27)(H,24,26)(H,25,28)/b23-12-. The zero-order chi connectivity index (χ0) is 21.2. The number of hydrogen-bond donors (Lipinski definition) is 3. The van der Waals surface area contributed by atoms with Gasteiger partial charge in [0.05, 0.1) is 6.21 Å². The van der Waals surface area contributed by atoms with E-state index in [1.54, 1.807) is 31.2 Å². The van der Waals surface area contributed by atoms with Gasteiger partial charge in [-0.1, -0.05) is 18.2 Å². The van der Waals surface area contributed by atoms with Gasteiger partial charge in [0.15, 0.2) is 6.61 Å². The summed E-state index contributed by atoms with van der Waals surface area (Å²) in [6, 6.07) is 12.7. The van der Waals surface area contributed by atoms with Gasteiger partial charge < -0.3 is 15.4 Å². The van der Waals surface area contributed by atoms with Gasteiger partial charge in [-0.25, -0.2) is 5.43 Å². The van der Waals surface area contributed by atoms with Crippen LogP contribution in [0.2, 0.25) is 0 Å². The second-order valence-electron chi connectivity index (χ2n) is 6.31. The number of carbonyl (C=O) groups is 3. The quantitative estimate of drug-likeness (QED) is 0.377. The topological polar surface area (TPSA) is 109 Å². The summed E-state index contributed by atoms with van der Waals surface area (Å²) < 4.78 is 5.58. The van der Waals surface area contributed by atoms with Crippen LogP contribution in [0.4, 0.5) is 5.69 Å². The molecule has 3 N–H and O–H groups in total. The molecule has 2 aromatic carbocycles. The Kier molecular flexibility index (Phi) is 7.90. The zero-order valence-electron chi connectivity index (χ0n) is 16.6. The third-order valence-electron chi connectivity index (χ3n) is 3.70. The first-order valence-corrected chi connectivity index (χ1v) is 9.10. The molecule has 0 radical (unpaired) electrons. The maximum Gasteiger partial charge on any atom is 0.329 e. The van der Waals surface area contributed by atoms with Crippen molar-refractivity contribution < 1.29 is 19.1 Å². The summed E-state index contributed by atoms with van der Waals surface area (Å²) in [4.78, 5) is 35.1. The summed E-state index contributed by atoms with van der Waals surface area (Å²) in [6.07, 6.45) is 1.34. The molecular formula is C21H24N4O4. The number of ether oxygens (including phenoxy) is 1. The first-order valence-electron chi connectivity index (χ1n) is 9.10. The lowest BCUT2D eigenvalue weighted by Crippen LogP contribution is -2.37. The predicted molar refractivity (Wildman–Crippen MR) is 111 cm³/mol. The first-order chi connectivity index (χ1) is 13.9. The fourth-order valence-corrected chi connectivity index (χ4v) is 2.56. The molecule has 29 heavy (non-hydrogen) atoms. The van der Waals surface area contributed by atoms with E-state index in [2.05, 4.69) is 21.2 Å². The van der Waals surface area contributed by atoms with Gasteiger partial charge in [0.25, 0.3) is 5.91 Å². The number of carbonyl (C=O) groups excluding carboxylic acids is 3. The van der Waals surface area contributed by atoms with Crippen LogP contribution >= 0.6 is 0 Å². The monoisotopic (exact) mass is 396 g/mol. The molecule has 0 fully saturated rings. The molecule has 8 nitrogen and oxygen atoms in total. The van der Waals surface area contributed by atoms with Crippen molar-refractivity contribution >= 4 is 29.6 Å². The number of hydrazone groups is 1. The Morgan fingerprint density at radius 1 is 1.03 bits per heavy atom. The SMILES string of the molecule is CCNC(=O)C(=O)N/N=C\c1ccccc1OCC(=O)Nc1cc(C)cc(C)c1. The molecule has 0 aromatic heterocycles. The molecule has 0 heterocycles. The molecule has 0 spiro atoms. The Hall–Kier alpha value is -3.68. The fourth-order valence-electron chi connectivity index (χ4n) is 2.56. The van der Waals surface area contributed by atoms with Crippen LogP contribution in [-0.2, 0) is 14.4 Å². The van der Waals surface area contributed by atoms with Gasteiger partial charge in [-0.2, -0.15) is 5.10 Å². The number of likely N-dealkylation sites (N-methyl/N-ethyl adjacent to an activating group) is 1. The molecule has 0 bridgehead atoms. The number of nitrogens with zero attached hydrogens (tertiary/aromatic N) is 1. The van der Waals surface area contributed by atoms with Crippen molar-refractivity contribution in [3.05, 3.63) is 59.2 Å². The average molecular weight is 396 g/mol. The molecule has 0 aliphatic rings. The number of anilines is 1. The summed E-state index contributed by atoms with van der Waals surface area (Å²) >= 11 is 0. The minimum atomic E-state index is -0.866. The van der Waals surface area contributed by atoms with E-state index in [1.165, 1.54) is 6.21 Å². The maximum atomic E-state index is 12.2. The van der Waals surface area contributed by atoms with Crippen molar-refractivity contribution in [1.29, 1.82) is 0 Å². The van der Waals surface area contributed by atoms with E-state index >= 15 is 0 Å². The Balaban J connectivity index is 1.94. The Morgan fingerprint density at radius 2 is 1.72 bits per heavy atom. The van der Waals surface area contributed by atoms with E-state index < -0.39 is 11.8 Å². The second-order valence-corrected chi connectivity index (χ2v) is 6.31. The van der Waals surface area contributed by atoms with Gasteiger partial charge in [-0.15, -0.1) is 0 Å². The second kappa shape index (κ2) is 10.6. The third kappa shape index (κ3) is 7.10. The van der Waals surface area contributed by atoms with Crippen LogP contribution in [0.3, 0.4) is 0 Å². The van der Waals surface area contributed by atoms with Gasteiger partial charge in [-0.05, 0) is 56.2 Å². The molecule has 152 valence electrons. The molecule has 0 aliphatic carbocycles. The molecule has 3 amide bonds. The molecule has 0 saturated carbocycles. The van der Waals surface area contributed by atoms with Gasteiger partial charge in [-0.3, -0.25) is 14.4 Å². The van der Waals surface area contributed by atoms with Crippen molar-refractivity contribution in [3.8, 4) is 5.75 Å². The number of amides is 3. The lowest BCUT2D eigenvalue weighted by molar-refractivity contribution is -0.139. The summed E-state index contributed by atoms with van der Waals surface area (Å²) in [7, 11) is 0. The number of nitrogens with one attached hydrogen (secondary N) is 3. The van der Waals surface area contributed by atoms with Gasteiger partial charge >= 0.3 is 11.8 Å². The molecule has 2 aromatic rings. The predicted octanol–water partition coefficient (Wildman–Crippen LogP) is 1.91. The van der Waals surface area contributed by atoms with Crippen LogP contribution in [0.15, 0.2) is 47.6 Å². The van der Waals surface area contributed by atoms with Crippen molar-refractivity contribution in [2.45, 2.75) is 20.8 Å². The Labute approximate surface area is 169 Å². The lowest BCUT2D eigenvalue weighted by Gasteiger charge is -2.10. The summed E-state index contributed by atoms with van der Waals surface area (Å²) in [5.41, 5.74) is 5.49. The largest absolute Gasteiger partial charge is 0.483 e. The molecule has 2 rings (SSSR count). The number of aryl methyl sites for hydroxylation is 2. The Morgan fingerprint density at radius 3 is 2.41 bits per heavy atom. The lowest BCUT2D eigenvalue weighted by atomic mass is 10.1. The third-order valence-corrected chi connectivity index (χ3v) is 3.70. The van der Waals surface area contributed by atoms with Gasteiger partial charge in [0, 0.05) is 17.8 Å². The van der Waals surface area contributed by atoms with Crippen molar-refractivity contribution in [2.75, 3.05) is 18.5 Å². The first kappa shape index (κ1) is 21.6. The Bertz CT molecular complexity index is 904.